The number of hydrogen-bond acceptors (Lipinski definition) is 4. The Morgan fingerprint density at radius 1 is 1.14 bits per heavy atom. The largest absolute Gasteiger partial charge is 0.369 e. The minimum Gasteiger partial charge on any atom is -0.369 e. The van der Waals surface area contributed by atoms with Gasteiger partial charge in [-0.15, -0.1) is 0 Å². The normalized spacial score (nSPS) is 11.9. The lowest BCUT2D eigenvalue weighted by atomic mass is 10.3. The highest BCUT2D eigenvalue weighted by Crippen LogP contribution is 2.12. The highest BCUT2D eigenvalue weighted by atomic mass is 35.5. The van der Waals surface area contributed by atoms with Crippen LogP contribution in [0.1, 0.15) is 0 Å². The standard InChI is InChI=1S/C14H13ClN6/c1-21(2)10-20-14(8-17)13(7-16)19-9-18-12-5-3-11(15)4-6-12/h3-6,9-10H,1-2H3,(H,18,19)/b14-13-,20-10?. The molecule has 0 fully saturated rings. The molecule has 0 aliphatic heterocycles. The van der Waals surface area contributed by atoms with E-state index in [4.69, 9.17) is 22.1 Å². The van der Waals surface area contributed by atoms with Crippen LogP contribution in [-0.4, -0.2) is 31.7 Å². The fourth-order valence-corrected chi connectivity index (χ4v) is 1.30. The van der Waals surface area contributed by atoms with Crippen LogP contribution in [-0.2, 0) is 0 Å². The zero-order valence-electron chi connectivity index (χ0n) is 11.6. The van der Waals surface area contributed by atoms with E-state index >= 15 is 0 Å². The van der Waals surface area contributed by atoms with Crippen LogP contribution in [0.4, 0.5) is 5.69 Å². The highest BCUT2D eigenvalue weighted by molar-refractivity contribution is 6.30. The average molecular weight is 301 g/mol. The predicted molar refractivity (Wildman–Crippen MR) is 84.0 cm³/mol. The minimum atomic E-state index is -0.0722. The Kier molecular flexibility index (Phi) is 6.46. The first kappa shape index (κ1) is 16.2. The molecule has 0 aliphatic rings. The molecule has 7 heteroatoms. The summed E-state index contributed by atoms with van der Waals surface area (Å²) >= 11 is 5.77. The summed E-state index contributed by atoms with van der Waals surface area (Å²) in [6, 6.07) is 10.6. The summed E-state index contributed by atoms with van der Waals surface area (Å²) in [6.07, 6.45) is 2.75. The zero-order valence-corrected chi connectivity index (χ0v) is 12.3. The molecule has 0 aliphatic carbocycles. The first-order chi connectivity index (χ1) is 10.1. The van der Waals surface area contributed by atoms with E-state index in [1.807, 2.05) is 12.1 Å². The first-order valence-corrected chi connectivity index (χ1v) is 6.24. The second kappa shape index (κ2) is 8.36. The number of nitriles is 2. The van der Waals surface area contributed by atoms with E-state index in [1.54, 1.807) is 43.3 Å². The van der Waals surface area contributed by atoms with Gasteiger partial charge in [0.05, 0.1) is 12.7 Å². The van der Waals surface area contributed by atoms with Gasteiger partial charge in [-0.25, -0.2) is 9.98 Å². The number of rotatable bonds is 5. The molecule has 0 aromatic heterocycles. The number of allylic oxidation sites excluding steroid dienone is 2. The van der Waals surface area contributed by atoms with Crippen LogP contribution in [0.3, 0.4) is 0 Å². The maximum atomic E-state index is 9.02. The minimum absolute atomic E-state index is 0.0552. The maximum Gasteiger partial charge on any atom is 0.178 e. The van der Waals surface area contributed by atoms with Gasteiger partial charge < -0.3 is 10.2 Å². The van der Waals surface area contributed by atoms with Crippen molar-refractivity contribution < 1.29 is 0 Å². The van der Waals surface area contributed by atoms with Crippen molar-refractivity contribution in [3.63, 3.8) is 0 Å². The molecule has 1 aromatic carbocycles. The van der Waals surface area contributed by atoms with Crippen molar-refractivity contribution in [3.05, 3.63) is 40.7 Å². The highest BCUT2D eigenvalue weighted by Gasteiger charge is 2.02. The van der Waals surface area contributed by atoms with Gasteiger partial charge in [-0.2, -0.15) is 10.5 Å². The quantitative estimate of drug-likeness (QED) is 0.514. The van der Waals surface area contributed by atoms with Crippen molar-refractivity contribution in [3.8, 4) is 12.1 Å². The lowest BCUT2D eigenvalue weighted by Crippen LogP contribution is -2.07. The Labute approximate surface area is 128 Å². The molecule has 0 saturated carbocycles. The molecular weight excluding hydrogens is 288 g/mol. The third-order valence-electron chi connectivity index (χ3n) is 2.12. The Bertz CT molecular complexity index is 644. The molecule has 1 aromatic rings. The topological polar surface area (TPSA) is 87.6 Å². The van der Waals surface area contributed by atoms with Crippen LogP contribution in [0.2, 0.25) is 5.02 Å². The van der Waals surface area contributed by atoms with Crippen molar-refractivity contribution in [1.82, 2.24) is 4.90 Å². The van der Waals surface area contributed by atoms with Gasteiger partial charge in [-0.3, -0.25) is 0 Å². The van der Waals surface area contributed by atoms with Crippen molar-refractivity contribution in [1.29, 1.82) is 10.5 Å². The summed E-state index contributed by atoms with van der Waals surface area (Å²) in [6.45, 7) is 0. The molecule has 106 valence electrons. The van der Waals surface area contributed by atoms with E-state index in [9.17, 15) is 0 Å². The average Bonchev–Trinajstić information content (AvgIpc) is 2.47. The lowest BCUT2D eigenvalue weighted by molar-refractivity contribution is 0.642. The molecule has 0 atom stereocenters. The number of anilines is 1. The Morgan fingerprint density at radius 2 is 1.71 bits per heavy atom. The SMILES string of the molecule is CN(C)C=N/C(C#N)=C(/C#N)N=CNc1ccc(Cl)cc1. The monoisotopic (exact) mass is 300 g/mol. The van der Waals surface area contributed by atoms with Crippen molar-refractivity contribution >= 4 is 30.0 Å². The Morgan fingerprint density at radius 3 is 2.24 bits per heavy atom. The molecule has 0 amide bonds. The molecule has 0 bridgehead atoms. The number of hydrogen-bond donors (Lipinski definition) is 1. The maximum absolute atomic E-state index is 9.02. The van der Waals surface area contributed by atoms with Gasteiger partial charge in [0, 0.05) is 24.8 Å². The van der Waals surface area contributed by atoms with E-state index in [0.29, 0.717) is 5.02 Å². The van der Waals surface area contributed by atoms with Crippen molar-refractivity contribution in [2.75, 3.05) is 19.4 Å². The fraction of sp³-hybridized carbons (Fsp3) is 0.143. The van der Waals surface area contributed by atoms with Crippen LogP contribution in [0.25, 0.3) is 0 Å². The number of halogens is 1. The summed E-state index contributed by atoms with van der Waals surface area (Å²) in [7, 11) is 3.52. The molecule has 1 rings (SSSR count). The fourth-order valence-electron chi connectivity index (χ4n) is 1.18. The van der Waals surface area contributed by atoms with Crippen LogP contribution >= 0.6 is 11.6 Å². The number of benzene rings is 1. The van der Waals surface area contributed by atoms with Crippen molar-refractivity contribution in [2.45, 2.75) is 0 Å². The number of aliphatic imine (C=N–C) groups is 2. The van der Waals surface area contributed by atoms with Gasteiger partial charge in [0.2, 0.25) is 0 Å². The molecule has 0 radical (unpaired) electrons. The van der Waals surface area contributed by atoms with E-state index in [-0.39, 0.29) is 11.4 Å². The van der Waals surface area contributed by atoms with E-state index < -0.39 is 0 Å². The Hall–Kier alpha value is -2.83. The summed E-state index contributed by atoms with van der Waals surface area (Å²) in [4.78, 5) is 9.45. The zero-order chi connectivity index (χ0) is 15.7. The van der Waals surface area contributed by atoms with Crippen LogP contribution in [0.15, 0.2) is 45.6 Å². The lowest BCUT2D eigenvalue weighted by Gasteiger charge is -2.01. The summed E-state index contributed by atoms with van der Waals surface area (Å²) in [5.74, 6) is 0. The van der Waals surface area contributed by atoms with E-state index in [0.717, 1.165) is 5.69 Å². The first-order valence-electron chi connectivity index (χ1n) is 5.86. The second-order valence-electron chi connectivity index (χ2n) is 4.04. The van der Waals surface area contributed by atoms with Crippen LogP contribution in [0, 0.1) is 22.7 Å². The van der Waals surface area contributed by atoms with Gasteiger partial charge in [-0.05, 0) is 24.3 Å². The molecule has 0 spiro atoms. The van der Waals surface area contributed by atoms with E-state index in [2.05, 4.69) is 15.3 Å². The van der Waals surface area contributed by atoms with Gasteiger partial charge >= 0.3 is 0 Å². The predicted octanol–water partition coefficient (Wildman–Crippen LogP) is 2.63. The van der Waals surface area contributed by atoms with Crippen LogP contribution in [0.5, 0.6) is 0 Å². The molecule has 1 N–H and O–H groups in total. The smallest absolute Gasteiger partial charge is 0.178 e. The molecule has 0 unspecified atom stereocenters. The third kappa shape index (κ3) is 5.77. The Balaban J connectivity index is 2.85. The van der Waals surface area contributed by atoms with Crippen LogP contribution < -0.4 is 5.32 Å². The second-order valence-corrected chi connectivity index (χ2v) is 4.47. The number of nitrogens with one attached hydrogen (secondary N) is 1. The summed E-state index contributed by atoms with van der Waals surface area (Å²) < 4.78 is 0. The summed E-state index contributed by atoms with van der Waals surface area (Å²) in [5, 5.41) is 21.5. The van der Waals surface area contributed by atoms with Gasteiger partial charge in [0.15, 0.2) is 11.4 Å². The molecule has 21 heavy (non-hydrogen) atoms. The third-order valence-corrected chi connectivity index (χ3v) is 2.37. The molecule has 0 heterocycles. The van der Waals surface area contributed by atoms with E-state index in [1.165, 1.54) is 12.7 Å². The van der Waals surface area contributed by atoms with Gasteiger partial charge in [-0.1, -0.05) is 11.6 Å². The molecular formula is C14H13ClN6. The molecule has 0 saturated heterocycles. The van der Waals surface area contributed by atoms with Gasteiger partial charge in [0.25, 0.3) is 0 Å². The van der Waals surface area contributed by atoms with Crippen molar-refractivity contribution in [2.24, 2.45) is 9.98 Å². The summed E-state index contributed by atoms with van der Waals surface area (Å²) in [5.41, 5.74) is 0.633. The van der Waals surface area contributed by atoms with Gasteiger partial charge in [0.1, 0.15) is 12.1 Å². The number of nitrogens with zero attached hydrogens (tertiary/aromatic N) is 5. The molecule has 6 nitrogen and oxygen atoms in total.